The quantitative estimate of drug-likeness (QED) is 0.893. The number of carbonyl (C=O) groups excluding carboxylic acids is 1. The number of anilines is 1. The van der Waals surface area contributed by atoms with E-state index in [0.717, 1.165) is 24.1 Å². The highest BCUT2D eigenvalue weighted by Gasteiger charge is 2.32. The van der Waals surface area contributed by atoms with Gasteiger partial charge in [-0.05, 0) is 44.5 Å². The highest BCUT2D eigenvalue weighted by molar-refractivity contribution is 5.92. The van der Waals surface area contributed by atoms with Crippen LogP contribution in [0.25, 0.3) is 0 Å². The second kappa shape index (κ2) is 6.73. The van der Waals surface area contributed by atoms with Gasteiger partial charge < -0.3 is 10.6 Å². The molecule has 0 spiro atoms. The lowest BCUT2D eigenvalue weighted by Crippen LogP contribution is -2.47. The summed E-state index contributed by atoms with van der Waals surface area (Å²) in [6.07, 6.45) is 6.20. The van der Waals surface area contributed by atoms with Gasteiger partial charge in [-0.15, -0.1) is 0 Å². The summed E-state index contributed by atoms with van der Waals surface area (Å²) in [5.41, 5.74) is 2.21. The molecule has 1 aliphatic rings. The highest BCUT2D eigenvalue weighted by atomic mass is 16.1. The molecule has 2 rings (SSSR count). The van der Waals surface area contributed by atoms with E-state index in [4.69, 9.17) is 5.26 Å². The van der Waals surface area contributed by atoms with Crippen LogP contribution in [0.4, 0.5) is 5.69 Å². The van der Waals surface area contributed by atoms with Gasteiger partial charge in [0, 0.05) is 17.6 Å². The van der Waals surface area contributed by atoms with Crippen molar-refractivity contribution < 1.29 is 4.79 Å². The van der Waals surface area contributed by atoms with Crippen molar-refractivity contribution in [2.45, 2.75) is 51.0 Å². The molecule has 1 aromatic carbocycles. The van der Waals surface area contributed by atoms with E-state index >= 15 is 0 Å². The van der Waals surface area contributed by atoms with E-state index in [-0.39, 0.29) is 11.4 Å². The van der Waals surface area contributed by atoms with Gasteiger partial charge in [-0.2, -0.15) is 5.26 Å². The fourth-order valence-corrected chi connectivity index (χ4v) is 3.07. The summed E-state index contributed by atoms with van der Waals surface area (Å²) in [7, 11) is 1.94. The molecule has 0 heterocycles. The van der Waals surface area contributed by atoms with Crippen molar-refractivity contribution in [2.24, 2.45) is 0 Å². The minimum Gasteiger partial charge on any atom is -0.326 e. The number of nitrogens with one attached hydrogen (secondary N) is 2. The first-order valence-electron chi connectivity index (χ1n) is 7.58. The van der Waals surface area contributed by atoms with E-state index in [9.17, 15) is 4.79 Å². The lowest BCUT2D eigenvalue weighted by Gasteiger charge is -2.36. The average Bonchev–Trinajstić information content (AvgIpc) is 2.50. The molecule has 0 atom stereocenters. The van der Waals surface area contributed by atoms with Crippen LogP contribution in [0.2, 0.25) is 0 Å². The van der Waals surface area contributed by atoms with Gasteiger partial charge in [0.1, 0.15) is 0 Å². The largest absolute Gasteiger partial charge is 0.326 e. The molecule has 1 aliphatic carbocycles. The van der Waals surface area contributed by atoms with Crippen molar-refractivity contribution in [1.82, 2.24) is 5.32 Å². The number of rotatable bonds is 4. The first kappa shape index (κ1) is 15.5. The fourth-order valence-electron chi connectivity index (χ4n) is 3.07. The number of amides is 1. The van der Waals surface area contributed by atoms with Crippen LogP contribution in [-0.4, -0.2) is 18.5 Å². The Morgan fingerprint density at radius 2 is 2.05 bits per heavy atom. The van der Waals surface area contributed by atoms with Crippen LogP contribution in [0.3, 0.4) is 0 Å². The van der Waals surface area contributed by atoms with Crippen LogP contribution in [0.5, 0.6) is 0 Å². The van der Waals surface area contributed by atoms with Gasteiger partial charge in [0.15, 0.2) is 0 Å². The highest BCUT2D eigenvalue weighted by Crippen LogP contribution is 2.31. The van der Waals surface area contributed by atoms with Crippen molar-refractivity contribution in [3.63, 3.8) is 0 Å². The summed E-state index contributed by atoms with van der Waals surface area (Å²) in [5.74, 6) is 0.0180. The first-order chi connectivity index (χ1) is 10.1. The molecule has 1 amide bonds. The Morgan fingerprint density at radius 3 is 2.67 bits per heavy atom. The van der Waals surface area contributed by atoms with Crippen LogP contribution in [0, 0.1) is 18.3 Å². The number of hydrogen-bond acceptors (Lipinski definition) is 3. The summed E-state index contributed by atoms with van der Waals surface area (Å²) in [6.45, 7) is 1.94. The second-order valence-corrected chi connectivity index (χ2v) is 5.96. The predicted molar refractivity (Wildman–Crippen MR) is 84.0 cm³/mol. The van der Waals surface area contributed by atoms with E-state index < -0.39 is 0 Å². The monoisotopic (exact) mass is 285 g/mol. The molecule has 1 saturated carbocycles. The van der Waals surface area contributed by atoms with E-state index in [1.165, 1.54) is 19.3 Å². The lowest BCUT2D eigenvalue weighted by atomic mass is 9.79. The number of nitrogens with zero attached hydrogens (tertiary/aromatic N) is 1. The summed E-state index contributed by atoms with van der Waals surface area (Å²) in [4.78, 5) is 12.4. The Kier molecular flexibility index (Phi) is 4.98. The zero-order valence-electron chi connectivity index (χ0n) is 12.8. The van der Waals surface area contributed by atoms with Crippen LogP contribution in [0.1, 0.15) is 49.7 Å². The molecular formula is C17H23N3O. The molecule has 21 heavy (non-hydrogen) atoms. The SMILES string of the molecule is CNC1(CC(=O)Nc2cc(C#N)ccc2C)CCCCC1. The Hall–Kier alpha value is -1.86. The number of carbonyl (C=O) groups is 1. The maximum absolute atomic E-state index is 12.4. The number of aryl methyl sites for hydroxylation is 1. The first-order valence-corrected chi connectivity index (χ1v) is 7.58. The van der Waals surface area contributed by atoms with Gasteiger partial charge in [-0.3, -0.25) is 4.79 Å². The van der Waals surface area contributed by atoms with Crippen LogP contribution >= 0.6 is 0 Å². The van der Waals surface area contributed by atoms with E-state index in [1.54, 1.807) is 12.1 Å². The van der Waals surface area contributed by atoms with E-state index in [1.807, 2.05) is 20.0 Å². The molecule has 4 nitrogen and oxygen atoms in total. The van der Waals surface area contributed by atoms with Crippen LogP contribution < -0.4 is 10.6 Å². The normalized spacial score (nSPS) is 17.0. The molecule has 1 aromatic rings. The second-order valence-electron chi connectivity index (χ2n) is 5.96. The van der Waals surface area contributed by atoms with Gasteiger partial charge >= 0.3 is 0 Å². The molecule has 0 bridgehead atoms. The molecule has 0 saturated heterocycles. The molecule has 112 valence electrons. The maximum Gasteiger partial charge on any atom is 0.226 e. The van der Waals surface area contributed by atoms with Gasteiger partial charge in [0.2, 0.25) is 5.91 Å². The van der Waals surface area contributed by atoms with Crippen LogP contribution in [-0.2, 0) is 4.79 Å². The third kappa shape index (κ3) is 3.83. The molecule has 0 aliphatic heterocycles. The van der Waals surface area contributed by atoms with Crippen molar-refractivity contribution in [3.05, 3.63) is 29.3 Å². The smallest absolute Gasteiger partial charge is 0.226 e. The zero-order valence-corrected chi connectivity index (χ0v) is 12.8. The van der Waals surface area contributed by atoms with Crippen molar-refractivity contribution in [3.8, 4) is 6.07 Å². The molecule has 2 N–H and O–H groups in total. The van der Waals surface area contributed by atoms with Crippen molar-refractivity contribution in [2.75, 3.05) is 12.4 Å². The number of hydrogen-bond donors (Lipinski definition) is 2. The fraction of sp³-hybridized carbons (Fsp3) is 0.529. The minimum absolute atomic E-state index is 0.0180. The van der Waals surface area contributed by atoms with Gasteiger partial charge in [0.25, 0.3) is 0 Å². The Balaban J connectivity index is 2.06. The summed E-state index contributed by atoms with van der Waals surface area (Å²) < 4.78 is 0. The minimum atomic E-state index is -0.0664. The Morgan fingerprint density at radius 1 is 1.33 bits per heavy atom. The Labute approximate surface area is 126 Å². The third-order valence-corrected chi connectivity index (χ3v) is 4.48. The molecule has 4 heteroatoms. The number of nitriles is 1. The molecule has 1 fully saturated rings. The van der Waals surface area contributed by atoms with Gasteiger partial charge in [0.05, 0.1) is 11.6 Å². The van der Waals surface area contributed by atoms with Crippen molar-refractivity contribution in [1.29, 1.82) is 5.26 Å². The average molecular weight is 285 g/mol. The van der Waals surface area contributed by atoms with E-state index in [2.05, 4.69) is 16.7 Å². The van der Waals surface area contributed by atoms with Crippen molar-refractivity contribution >= 4 is 11.6 Å². The van der Waals surface area contributed by atoms with E-state index in [0.29, 0.717) is 12.0 Å². The zero-order chi connectivity index (χ0) is 15.3. The number of benzene rings is 1. The summed E-state index contributed by atoms with van der Waals surface area (Å²) >= 11 is 0. The summed E-state index contributed by atoms with van der Waals surface area (Å²) in [6, 6.07) is 7.47. The third-order valence-electron chi connectivity index (χ3n) is 4.48. The molecule has 0 unspecified atom stereocenters. The lowest BCUT2D eigenvalue weighted by molar-refractivity contribution is -0.117. The molecular weight excluding hydrogens is 262 g/mol. The molecule has 0 radical (unpaired) electrons. The molecule has 0 aromatic heterocycles. The summed E-state index contributed by atoms with van der Waals surface area (Å²) in [5, 5.41) is 15.3. The maximum atomic E-state index is 12.4. The van der Waals surface area contributed by atoms with Gasteiger partial charge in [-0.1, -0.05) is 25.3 Å². The van der Waals surface area contributed by atoms with Crippen LogP contribution in [0.15, 0.2) is 18.2 Å². The Bertz CT molecular complexity index is 554. The standard InChI is InChI=1S/C17H23N3O/c1-13-6-7-14(12-18)10-15(13)20-16(21)11-17(19-2)8-4-3-5-9-17/h6-7,10,19H,3-5,8-9,11H2,1-2H3,(H,20,21). The topological polar surface area (TPSA) is 64.9 Å². The van der Waals surface area contributed by atoms with Gasteiger partial charge in [-0.25, -0.2) is 0 Å². The predicted octanol–water partition coefficient (Wildman–Crippen LogP) is 3.12.